The van der Waals surface area contributed by atoms with Crippen LogP contribution >= 0.6 is 0 Å². The fraction of sp³-hybridized carbons (Fsp3) is 0.733. The van der Waals surface area contributed by atoms with Gasteiger partial charge in [-0.25, -0.2) is 0 Å². The highest BCUT2D eigenvalue weighted by molar-refractivity contribution is 5.68. The second kappa shape index (κ2) is 8.62. The zero-order chi connectivity index (χ0) is 18.4. The van der Waals surface area contributed by atoms with Crippen LogP contribution in [0.15, 0.2) is 0 Å². The molecule has 0 aromatic carbocycles. The van der Waals surface area contributed by atoms with E-state index in [-0.39, 0.29) is 6.61 Å². The Morgan fingerprint density at radius 1 is 0.750 bits per heavy atom. The maximum Gasteiger partial charge on any atom is 0.303 e. The fourth-order valence-electron chi connectivity index (χ4n) is 2.44. The lowest BCUT2D eigenvalue weighted by atomic mass is 9.95. The number of ether oxygens (including phenoxy) is 5. The lowest BCUT2D eigenvalue weighted by Crippen LogP contribution is -2.61. The van der Waals surface area contributed by atoms with Gasteiger partial charge in [0, 0.05) is 27.7 Å². The summed E-state index contributed by atoms with van der Waals surface area (Å²) in [6.07, 6.45) is -4.69. The predicted molar refractivity (Wildman–Crippen MR) is 77.6 cm³/mol. The van der Waals surface area contributed by atoms with Gasteiger partial charge in [0.05, 0.1) is 6.10 Å². The van der Waals surface area contributed by atoms with E-state index < -0.39 is 54.4 Å². The lowest BCUT2D eigenvalue weighted by Gasteiger charge is -2.43. The van der Waals surface area contributed by atoms with Crippen LogP contribution in [0.5, 0.6) is 0 Å². The van der Waals surface area contributed by atoms with E-state index in [9.17, 15) is 19.2 Å². The van der Waals surface area contributed by atoms with Gasteiger partial charge in [-0.1, -0.05) is 0 Å². The van der Waals surface area contributed by atoms with E-state index in [1.165, 1.54) is 27.7 Å². The molecule has 0 aromatic rings. The third kappa shape index (κ3) is 5.80. The Bertz CT molecular complexity index is 501. The highest BCUT2D eigenvalue weighted by Crippen LogP contribution is 2.28. The van der Waals surface area contributed by atoms with Gasteiger partial charge < -0.3 is 23.7 Å². The molecular weight excluding hydrogens is 324 g/mol. The lowest BCUT2D eigenvalue weighted by molar-refractivity contribution is -0.249. The summed E-state index contributed by atoms with van der Waals surface area (Å²) in [6, 6.07) is 0. The van der Waals surface area contributed by atoms with E-state index in [1.54, 1.807) is 6.92 Å². The van der Waals surface area contributed by atoms with Crippen molar-refractivity contribution in [1.82, 2.24) is 0 Å². The van der Waals surface area contributed by atoms with Gasteiger partial charge in [0.1, 0.15) is 12.7 Å². The molecule has 1 saturated heterocycles. The van der Waals surface area contributed by atoms with Gasteiger partial charge in [-0.2, -0.15) is 0 Å². The molecule has 0 N–H and O–H groups in total. The van der Waals surface area contributed by atoms with Crippen molar-refractivity contribution < 1.29 is 42.9 Å². The van der Waals surface area contributed by atoms with Gasteiger partial charge in [-0.3, -0.25) is 19.2 Å². The third-order valence-corrected chi connectivity index (χ3v) is 3.22. The van der Waals surface area contributed by atoms with E-state index in [0.717, 1.165) is 0 Å². The van der Waals surface area contributed by atoms with Gasteiger partial charge in [-0.05, 0) is 6.92 Å². The highest BCUT2D eigenvalue weighted by Gasteiger charge is 2.50. The molecule has 136 valence electrons. The van der Waals surface area contributed by atoms with Crippen LogP contribution in [0.3, 0.4) is 0 Å². The number of carbonyl (C=O) groups is 4. The summed E-state index contributed by atoms with van der Waals surface area (Å²) in [5, 5.41) is 0. The highest BCUT2D eigenvalue weighted by atomic mass is 16.7. The number of rotatable bonds is 5. The zero-order valence-electron chi connectivity index (χ0n) is 14.3. The van der Waals surface area contributed by atoms with Gasteiger partial charge in [0.25, 0.3) is 0 Å². The standard InChI is InChI=1S/C15H22O9/c1-7-13(22-9(3)17)15(24-11(5)19)14(23-10(4)18)12(21-7)6-20-8(2)16/h7,12-15H,6H2,1-5H3/t7-,12?,13-,14-,15?/m0/s1. The van der Waals surface area contributed by atoms with E-state index in [4.69, 9.17) is 23.7 Å². The molecule has 0 amide bonds. The number of esters is 4. The molecule has 9 heteroatoms. The van der Waals surface area contributed by atoms with Crippen LogP contribution < -0.4 is 0 Å². The summed E-state index contributed by atoms with van der Waals surface area (Å²) in [4.78, 5) is 45.2. The molecule has 1 rings (SSSR count). The summed E-state index contributed by atoms with van der Waals surface area (Å²) in [5.74, 6) is -2.44. The van der Waals surface area contributed by atoms with Gasteiger partial charge in [0.15, 0.2) is 18.3 Å². The normalized spacial score (nSPS) is 29.3. The van der Waals surface area contributed by atoms with Crippen LogP contribution in [0.2, 0.25) is 0 Å². The van der Waals surface area contributed by atoms with E-state index in [0.29, 0.717) is 0 Å². The molecule has 1 heterocycles. The van der Waals surface area contributed by atoms with Crippen molar-refractivity contribution >= 4 is 23.9 Å². The molecular formula is C15H22O9. The molecule has 0 bridgehead atoms. The minimum absolute atomic E-state index is 0.206. The Kier molecular flexibility index (Phi) is 7.15. The monoisotopic (exact) mass is 346 g/mol. The van der Waals surface area contributed by atoms with E-state index in [2.05, 4.69) is 0 Å². The first-order valence-electron chi connectivity index (χ1n) is 7.42. The summed E-state index contributed by atoms with van der Waals surface area (Å²) in [7, 11) is 0. The van der Waals surface area contributed by atoms with Crippen molar-refractivity contribution in [2.24, 2.45) is 0 Å². The first-order chi connectivity index (χ1) is 11.1. The maximum absolute atomic E-state index is 11.4. The Labute approximate surface area is 139 Å². The third-order valence-electron chi connectivity index (χ3n) is 3.22. The Hall–Kier alpha value is -2.16. The van der Waals surface area contributed by atoms with Crippen molar-refractivity contribution in [3.8, 4) is 0 Å². The Balaban J connectivity index is 3.11. The second-order valence-corrected chi connectivity index (χ2v) is 5.40. The molecule has 9 nitrogen and oxygen atoms in total. The smallest absolute Gasteiger partial charge is 0.303 e. The van der Waals surface area contributed by atoms with Crippen molar-refractivity contribution in [2.75, 3.05) is 6.61 Å². The van der Waals surface area contributed by atoms with Gasteiger partial charge in [0.2, 0.25) is 0 Å². The molecule has 0 radical (unpaired) electrons. The van der Waals surface area contributed by atoms with Crippen LogP contribution in [0.25, 0.3) is 0 Å². The molecule has 0 saturated carbocycles. The van der Waals surface area contributed by atoms with Crippen LogP contribution in [-0.2, 0) is 42.9 Å². The molecule has 5 atom stereocenters. The van der Waals surface area contributed by atoms with Crippen LogP contribution in [-0.4, -0.2) is 61.0 Å². The fourth-order valence-corrected chi connectivity index (χ4v) is 2.44. The van der Waals surface area contributed by atoms with Gasteiger partial charge >= 0.3 is 23.9 Å². The van der Waals surface area contributed by atoms with Crippen LogP contribution in [0.1, 0.15) is 34.6 Å². The second-order valence-electron chi connectivity index (χ2n) is 5.40. The SMILES string of the molecule is CC(=O)OCC1O[C@@H](C)[C@H](OC(C)=O)C(OC(C)=O)[C@H]1OC(C)=O. The molecule has 0 aromatic heterocycles. The van der Waals surface area contributed by atoms with E-state index >= 15 is 0 Å². The molecule has 1 aliphatic rings. The number of hydrogen-bond donors (Lipinski definition) is 0. The molecule has 2 unspecified atom stereocenters. The average Bonchev–Trinajstić information content (AvgIpc) is 2.42. The first-order valence-corrected chi connectivity index (χ1v) is 7.42. The zero-order valence-corrected chi connectivity index (χ0v) is 14.3. The molecule has 1 fully saturated rings. The van der Waals surface area contributed by atoms with E-state index in [1.807, 2.05) is 0 Å². The largest absolute Gasteiger partial charge is 0.463 e. The Morgan fingerprint density at radius 3 is 1.67 bits per heavy atom. The first kappa shape index (κ1) is 19.9. The van der Waals surface area contributed by atoms with Crippen LogP contribution in [0.4, 0.5) is 0 Å². The maximum atomic E-state index is 11.4. The predicted octanol–water partition coefficient (Wildman–Crippen LogP) is 0.132. The van der Waals surface area contributed by atoms with Gasteiger partial charge in [-0.15, -0.1) is 0 Å². The summed E-state index contributed by atoms with van der Waals surface area (Å²) in [6.45, 7) is 6.17. The molecule has 24 heavy (non-hydrogen) atoms. The van der Waals surface area contributed by atoms with Crippen molar-refractivity contribution in [2.45, 2.75) is 65.1 Å². The molecule has 0 spiro atoms. The quantitative estimate of drug-likeness (QED) is 0.506. The average molecular weight is 346 g/mol. The minimum atomic E-state index is -1.09. The number of hydrogen-bond acceptors (Lipinski definition) is 9. The summed E-state index contributed by atoms with van der Waals surface area (Å²) in [5.41, 5.74) is 0. The molecule has 1 aliphatic heterocycles. The summed E-state index contributed by atoms with van der Waals surface area (Å²) < 4.78 is 26.1. The number of carbonyl (C=O) groups excluding carboxylic acids is 4. The van der Waals surface area contributed by atoms with Crippen molar-refractivity contribution in [3.05, 3.63) is 0 Å². The molecule has 0 aliphatic carbocycles. The summed E-state index contributed by atoms with van der Waals surface area (Å²) >= 11 is 0. The minimum Gasteiger partial charge on any atom is -0.463 e. The van der Waals surface area contributed by atoms with Crippen LogP contribution in [0, 0.1) is 0 Å². The van der Waals surface area contributed by atoms with Crippen molar-refractivity contribution in [3.63, 3.8) is 0 Å². The van der Waals surface area contributed by atoms with Crippen molar-refractivity contribution in [1.29, 1.82) is 0 Å². The Morgan fingerprint density at radius 2 is 1.21 bits per heavy atom. The topological polar surface area (TPSA) is 114 Å².